The summed E-state index contributed by atoms with van der Waals surface area (Å²) in [6.07, 6.45) is 1.29. The zero-order chi connectivity index (χ0) is 12.1. The van der Waals surface area contributed by atoms with E-state index in [0.717, 1.165) is 12.5 Å². The maximum Gasteiger partial charge on any atom is 0.315 e. The molecule has 2 heterocycles. The summed E-state index contributed by atoms with van der Waals surface area (Å²) in [6, 6.07) is 0.969. The molecule has 0 radical (unpaired) electrons. The Balaban J connectivity index is 1.73. The number of hydrogen-bond donors (Lipinski definition) is 2. The Morgan fingerprint density at radius 2 is 2.35 bits per heavy atom. The van der Waals surface area contributed by atoms with Gasteiger partial charge < -0.3 is 15.1 Å². The van der Waals surface area contributed by atoms with Gasteiger partial charge in [0, 0.05) is 12.6 Å². The van der Waals surface area contributed by atoms with Crippen molar-refractivity contribution in [2.75, 3.05) is 23.4 Å². The molecule has 1 aliphatic rings. The van der Waals surface area contributed by atoms with Crippen molar-refractivity contribution < 1.29 is 4.42 Å². The fourth-order valence-electron chi connectivity index (χ4n) is 1.66. The molecule has 0 amide bonds. The molecule has 0 bridgehead atoms. The number of nitrogens with zero attached hydrogens (tertiary/aromatic N) is 2. The molecule has 1 unspecified atom stereocenters. The van der Waals surface area contributed by atoms with Crippen molar-refractivity contribution in [1.29, 1.82) is 0 Å². The van der Waals surface area contributed by atoms with Gasteiger partial charge in [0.1, 0.15) is 0 Å². The van der Waals surface area contributed by atoms with Crippen molar-refractivity contribution in [3.63, 3.8) is 0 Å². The van der Waals surface area contributed by atoms with Crippen LogP contribution in [-0.2, 0) is 6.54 Å². The molecule has 5 nitrogen and oxygen atoms in total. The number of anilines is 1. The number of thioether (sulfide) groups is 1. The van der Waals surface area contributed by atoms with E-state index in [-0.39, 0.29) is 0 Å². The highest BCUT2D eigenvalue weighted by Crippen LogP contribution is 2.23. The second-order valence-corrected chi connectivity index (χ2v) is 5.80. The van der Waals surface area contributed by atoms with Gasteiger partial charge in [0.15, 0.2) is 0 Å². The third kappa shape index (κ3) is 4.20. The first kappa shape index (κ1) is 12.7. The monoisotopic (exact) mass is 256 g/mol. The normalized spacial score (nSPS) is 20.1. The van der Waals surface area contributed by atoms with Crippen LogP contribution in [-0.4, -0.2) is 34.3 Å². The Hall–Kier alpha value is -0.750. The highest BCUT2D eigenvalue weighted by atomic mass is 32.2. The minimum absolute atomic E-state index is 0.425. The highest BCUT2D eigenvalue weighted by Gasteiger charge is 2.16. The fraction of sp³-hybridized carbons (Fsp3) is 0.818. The molecule has 17 heavy (non-hydrogen) atoms. The second kappa shape index (κ2) is 6.26. The van der Waals surface area contributed by atoms with Crippen LogP contribution in [0.1, 0.15) is 26.2 Å². The van der Waals surface area contributed by atoms with Gasteiger partial charge in [-0.15, -0.1) is 5.10 Å². The van der Waals surface area contributed by atoms with Crippen LogP contribution in [0.4, 0.5) is 6.01 Å². The van der Waals surface area contributed by atoms with E-state index in [1.807, 2.05) is 11.8 Å². The van der Waals surface area contributed by atoms with E-state index >= 15 is 0 Å². The lowest BCUT2D eigenvalue weighted by molar-refractivity contribution is 0.456. The molecule has 1 aromatic rings. The second-order valence-electron chi connectivity index (χ2n) is 4.65. The van der Waals surface area contributed by atoms with Crippen molar-refractivity contribution in [3.05, 3.63) is 5.89 Å². The average Bonchev–Trinajstić information content (AvgIpc) is 2.95. The molecule has 6 heteroatoms. The van der Waals surface area contributed by atoms with Gasteiger partial charge in [-0.05, 0) is 23.8 Å². The van der Waals surface area contributed by atoms with Gasteiger partial charge in [-0.25, -0.2) is 0 Å². The van der Waals surface area contributed by atoms with Gasteiger partial charge in [0.25, 0.3) is 0 Å². The smallest absolute Gasteiger partial charge is 0.315 e. The summed E-state index contributed by atoms with van der Waals surface area (Å²) < 4.78 is 5.49. The summed E-state index contributed by atoms with van der Waals surface area (Å²) in [6.45, 7) is 5.75. The van der Waals surface area contributed by atoms with Crippen LogP contribution in [0.3, 0.4) is 0 Å². The standard InChI is InChI=1S/C11H20N4OS/c1-8(2)12-6-10-14-15-11(16-10)13-5-9-3-4-17-7-9/h8-9,12H,3-7H2,1-2H3,(H,13,15). The lowest BCUT2D eigenvalue weighted by Crippen LogP contribution is -2.21. The minimum atomic E-state index is 0.425. The third-order valence-electron chi connectivity index (χ3n) is 2.69. The maximum atomic E-state index is 5.49. The van der Waals surface area contributed by atoms with Crippen molar-refractivity contribution in [2.24, 2.45) is 5.92 Å². The molecule has 2 N–H and O–H groups in total. The van der Waals surface area contributed by atoms with Gasteiger partial charge in [-0.3, -0.25) is 0 Å². The molecule has 1 atom stereocenters. The highest BCUT2D eigenvalue weighted by molar-refractivity contribution is 7.99. The quantitative estimate of drug-likeness (QED) is 0.808. The van der Waals surface area contributed by atoms with E-state index in [9.17, 15) is 0 Å². The van der Waals surface area contributed by atoms with Crippen molar-refractivity contribution in [1.82, 2.24) is 15.5 Å². The first-order chi connectivity index (χ1) is 8.24. The molecule has 0 aliphatic carbocycles. The van der Waals surface area contributed by atoms with Gasteiger partial charge >= 0.3 is 6.01 Å². The largest absolute Gasteiger partial charge is 0.407 e. The van der Waals surface area contributed by atoms with E-state index in [4.69, 9.17) is 4.42 Å². The predicted octanol–water partition coefficient (Wildman–Crippen LogP) is 1.73. The van der Waals surface area contributed by atoms with E-state index in [1.54, 1.807) is 0 Å². The van der Waals surface area contributed by atoms with Crippen LogP contribution in [0.2, 0.25) is 0 Å². The third-order valence-corrected chi connectivity index (χ3v) is 3.93. The van der Waals surface area contributed by atoms with Crippen LogP contribution in [0.5, 0.6) is 0 Å². The predicted molar refractivity (Wildman–Crippen MR) is 70.2 cm³/mol. The van der Waals surface area contributed by atoms with Gasteiger partial charge in [-0.2, -0.15) is 11.8 Å². The molecule has 2 rings (SSSR count). The minimum Gasteiger partial charge on any atom is -0.407 e. The van der Waals surface area contributed by atoms with E-state index < -0.39 is 0 Å². The number of aromatic nitrogens is 2. The van der Waals surface area contributed by atoms with Gasteiger partial charge in [-0.1, -0.05) is 18.9 Å². The molecule has 96 valence electrons. The zero-order valence-electron chi connectivity index (χ0n) is 10.4. The summed E-state index contributed by atoms with van der Waals surface area (Å²) in [5, 5.41) is 14.4. The van der Waals surface area contributed by atoms with Gasteiger partial charge in [0.05, 0.1) is 6.54 Å². The summed E-state index contributed by atoms with van der Waals surface area (Å²) in [7, 11) is 0. The SMILES string of the molecule is CC(C)NCc1nnc(NCC2CCSC2)o1. The molecule has 1 aliphatic heterocycles. The number of hydrogen-bond acceptors (Lipinski definition) is 6. The van der Waals surface area contributed by atoms with E-state index in [0.29, 0.717) is 24.5 Å². The number of rotatable bonds is 6. The molecule has 1 aromatic heterocycles. The van der Waals surface area contributed by atoms with E-state index in [2.05, 4.69) is 34.7 Å². The lowest BCUT2D eigenvalue weighted by atomic mass is 10.1. The summed E-state index contributed by atoms with van der Waals surface area (Å²) in [4.78, 5) is 0. The van der Waals surface area contributed by atoms with Crippen LogP contribution in [0.25, 0.3) is 0 Å². The molecule has 1 fully saturated rings. The summed E-state index contributed by atoms with van der Waals surface area (Å²) in [5.41, 5.74) is 0. The Labute approximate surface area is 106 Å². The molecule has 1 saturated heterocycles. The van der Waals surface area contributed by atoms with Crippen molar-refractivity contribution in [3.8, 4) is 0 Å². The Kier molecular flexibility index (Phi) is 4.67. The molecule has 0 spiro atoms. The Morgan fingerprint density at radius 1 is 1.47 bits per heavy atom. The first-order valence-electron chi connectivity index (χ1n) is 6.11. The van der Waals surface area contributed by atoms with Crippen LogP contribution in [0, 0.1) is 5.92 Å². The van der Waals surface area contributed by atoms with Crippen LogP contribution >= 0.6 is 11.8 Å². The molecule has 0 aromatic carbocycles. The van der Waals surface area contributed by atoms with Gasteiger partial charge in [0.2, 0.25) is 5.89 Å². The lowest BCUT2D eigenvalue weighted by Gasteiger charge is -2.07. The fourth-order valence-corrected chi connectivity index (χ4v) is 2.95. The Bertz CT molecular complexity index is 336. The molecular formula is C11H20N4OS. The molecular weight excluding hydrogens is 236 g/mol. The van der Waals surface area contributed by atoms with Crippen molar-refractivity contribution in [2.45, 2.75) is 32.9 Å². The van der Waals surface area contributed by atoms with Crippen LogP contribution < -0.4 is 10.6 Å². The summed E-state index contributed by atoms with van der Waals surface area (Å²) in [5.74, 6) is 3.90. The Morgan fingerprint density at radius 3 is 3.06 bits per heavy atom. The van der Waals surface area contributed by atoms with Crippen LogP contribution in [0.15, 0.2) is 4.42 Å². The molecule has 0 saturated carbocycles. The first-order valence-corrected chi connectivity index (χ1v) is 7.27. The summed E-state index contributed by atoms with van der Waals surface area (Å²) >= 11 is 2.02. The topological polar surface area (TPSA) is 63.0 Å². The number of nitrogens with one attached hydrogen (secondary N) is 2. The zero-order valence-corrected chi connectivity index (χ0v) is 11.2. The maximum absolute atomic E-state index is 5.49. The van der Waals surface area contributed by atoms with E-state index in [1.165, 1.54) is 17.9 Å². The van der Waals surface area contributed by atoms with Crippen molar-refractivity contribution >= 4 is 17.8 Å². The average molecular weight is 256 g/mol.